The molecule has 0 rings (SSSR count). The van der Waals surface area contributed by atoms with Gasteiger partial charge in [-0.25, -0.2) is 4.99 Å². The fourth-order valence-electron chi connectivity index (χ4n) is 2.04. The number of isothiocyanates is 1. The topological polar surface area (TPSA) is 21.6 Å². The lowest BCUT2D eigenvalue weighted by Gasteiger charge is -2.37. The van der Waals surface area contributed by atoms with Crippen molar-refractivity contribution in [3.05, 3.63) is 0 Å². The second-order valence-corrected chi connectivity index (χ2v) is 4.28. The van der Waals surface area contributed by atoms with Crippen LogP contribution in [0.5, 0.6) is 0 Å². The van der Waals surface area contributed by atoms with Crippen LogP contribution in [0, 0.1) is 0 Å². The molecule has 0 aliphatic rings. The zero-order valence-electron chi connectivity index (χ0n) is 10.9. The third-order valence-electron chi connectivity index (χ3n) is 3.29. The first-order valence-corrected chi connectivity index (χ1v) is 6.53. The molecule has 0 unspecified atom stereocenters. The Morgan fingerprint density at radius 2 is 1.81 bits per heavy atom. The van der Waals surface area contributed by atoms with Crippen LogP contribution < -0.4 is 0 Å². The molecule has 0 saturated carbocycles. The first-order valence-electron chi connectivity index (χ1n) is 6.12. The summed E-state index contributed by atoms with van der Waals surface area (Å²) < 4.78 is 6.28. The Bertz CT molecular complexity index is 211. The van der Waals surface area contributed by atoms with Crippen LogP contribution in [0.1, 0.15) is 26.7 Å². The Balaban J connectivity index is 4.03. The predicted molar refractivity (Wildman–Crippen MR) is 72.1 cm³/mol. The standard InChI is InChI=1S/C12H25N2OS/c1-4-14(5-2,10-7-11-15-3)9-6-8-13-12-16/h4-11H2,1-3H3/q+1. The molecule has 0 spiro atoms. The van der Waals surface area contributed by atoms with Gasteiger partial charge in [0.25, 0.3) is 0 Å². The molecule has 0 aromatic carbocycles. The second-order valence-electron chi connectivity index (χ2n) is 4.09. The predicted octanol–water partition coefficient (Wildman–Crippen LogP) is 2.37. The minimum atomic E-state index is 0.813. The van der Waals surface area contributed by atoms with E-state index in [-0.39, 0.29) is 0 Å². The minimum Gasteiger partial charge on any atom is -0.384 e. The van der Waals surface area contributed by atoms with Crippen LogP contribution in [-0.2, 0) is 4.74 Å². The number of nitrogens with zero attached hydrogens (tertiary/aromatic N) is 2. The molecule has 0 amide bonds. The third-order valence-corrected chi connectivity index (χ3v) is 3.42. The third kappa shape index (κ3) is 6.33. The normalized spacial score (nSPS) is 11.2. The van der Waals surface area contributed by atoms with Crippen LogP contribution in [-0.4, -0.2) is 56.1 Å². The number of thiocarbonyl (C=S) groups is 1. The molecule has 16 heavy (non-hydrogen) atoms. The number of quaternary nitrogens is 1. The molecule has 0 saturated heterocycles. The van der Waals surface area contributed by atoms with E-state index in [1.165, 1.54) is 26.2 Å². The highest BCUT2D eigenvalue weighted by Crippen LogP contribution is 2.09. The average Bonchev–Trinajstić information content (AvgIpc) is 2.33. The molecular formula is C12H25N2OS+. The van der Waals surface area contributed by atoms with E-state index in [0.717, 1.165) is 30.5 Å². The molecule has 3 nitrogen and oxygen atoms in total. The maximum absolute atomic E-state index is 5.12. The highest BCUT2D eigenvalue weighted by atomic mass is 32.1. The van der Waals surface area contributed by atoms with Crippen molar-refractivity contribution in [2.45, 2.75) is 26.7 Å². The van der Waals surface area contributed by atoms with E-state index in [4.69, 9.17) is 4.74 Å². The number of hydrogen-bond acceptors (Lipinski definition) is 3. The summed E-state index contributed by atoms with van der Waals surface area (Å²) in [5.41, 5.74) is 0. The zero-order chi connectivity index (χ0) is 12.3. The molecule has 0 N–H and O–H groups in total. The highest BCUT2D eigenvalue weighted by Gasteiger charge is 2.21. The lowest BCUT2D eigenvalue weighted by Crippen LogP contribution is -2.49. The van der Waals surface area contributed by atoms with E-state index in [0.29, 0.717) is 0 Å². The Morgan fingerprint density at radius 1 is 1.19 bits per heavy atom. The molecule has 4 heteroatoms. The Kier molecular flexibility index (Phi) is 9.74. The first-order chi connectivity index (χ1) is 7.74. The molecule has 0 aromatic heterocycles. The van der Waals surface area contributed by atoms with Crippen molar-refractivity contribution < 1.29 is 9.22 Å². The Morgan fingerprint density at radius 3 is 2.31 bits per heavy atom. The van der Waals surface area contributed by atoms with Crippen LogP contribution in [0.4, 0.5) is 0 Å². The summed E-state index contributed by atoms with van der Waals surface area (Å²) in [5.74, 6) is 0. The van der Waals surface area contributed by atoms with Gasteiger partial charge < -0.3 is 9.22 Å². The largest absolute Gasteiger partial charge is 0.384 e. The van der Waals surface area contributed by atoms with E-state index in [2.05, 4.69) is 36.2 Å². The van der Waals surface area contributed by atoms with Gasteiger partial charge in [-0.1, -0.05) is 0 Å². The Labute approximate surface area is 105 Å². The zero-order valence-corrected chi connectivity index (χ0v) is 11.7. The number of rotatable bonds is 10. The summed E-state index contributed by atoms with van der Waals surface area (Å²) in [6.45, 7) is 10.9. The van der Waals surface area contributed by atoms with Crippen molar-refractivity contribution in [1.29, 1.82) is 0 Å². The summed E-state index contributed by atoms with van der Waals surface area (Å²) in [6.07, 6.45) is 2.23. The molecule has 0 bridgehead atoms. The van der Waals surface area contributed by atoms with Crippen LogP contribution in [0.15, 0.2) is 4.99 Å². The van der Waals surface area contributed by atoms with E-state index in [9.17, 15) is 0 Å². The second kappa shape index (κ2) is 9.91. The number of methoxy groups -OCH3 is 1. The van der Waals surface area contributed by atoms with Crippen molar-refractivity contribution >= 4 is 17.4 Å². The summed E-state index contributed by atoms with van der Waals surface area (Å²) in [5, 5.41) is 2.42. The van der Waals surface area contributed by atoms with E-state index >= 15 is 0 Å². The molecular weight excluding hydrogens is 220 g/mol. The van der Waals surface area contributed by atoms with Gasteiger partial charge in [0, 0.05) is 20.0 Å². The molecule has 0 aromatic rings. The molecule has 0 fully saturated rings. The highest BCUT2D eigenvalue weighted by molar-refractivity contribution is 7.78. The first kappa shape index (κ1) is 15.7. The monoisotopic (exact) mass is 245 g/mol. The van der Waals surface area contributed by atoms with Crippen LogP contribution in [0.2, 0.25) is 0 Å². The van der Waals surface area contributed by atoms with Gasteiger partial charge in [-0.05, 0) is 26.1 Å². The van der Waals surface area contributed by atoms with Crippen molar-refractivity contribution in [2.75, 3.05) is 46.4 Å². The maximum atomic E-state index is 5.12. The van der Waals surface area contributed by atoms with E-state index in [1.54, 1.807) is 7.11 Å². The SMILES string of the molecule is CC[N+](CC)(CCCN=C=S)CCCOC. The fraction of sp³-hybridized carbons (Fsp3) is 0.917. The molecule has 0 radical (unpaired) electrons. The molecule has 0 aliphatic carbocycles. The van der Waals surface area contributed by atoms with Crippen molar-refractivity contribution in [3.8, 4) is 0 Å². The van der Waals surface area contributed by atoms with Gasteiger partial charge in [-0.15, -0.1) is 0 Å². The van der Waals surface area contributed by atoms with Crippen LogP contribution >= 0.6 is 12.2 Å². The maximum Gasteiger partial charge on any atom is 0.0808 e. The van der Waals surface area contributed by atoms with Gasteiger partial charge in [0.1, 0.15) is 0 Å². The number of hydrogen-bond donors (Lipinski definition) is 0. The molecule has 0 atom stereocenters. The van der Waals surface area contributed by atoms with Crippen LogP contribution in [0.3, 0.4) is 0 Å². The van der Waals surface area contributed by atoms with Gasteiger partial charge in [-0.2, -0.15) is 0 Å². The number of ether oxygens (including phenoxy) is 1. The lowest BCUT2D eigenvalue weighted by atomic mass is 10.2. The van der Waals surface area contributed by atoms with Gasteiger partial charge in [-0.3, -0.25) is 0 Å². The van der Waals surface area contributed by atoms with Crippen molar-refractivity contribution in [2.24, 2.45) is 4.99 Å². The molecule has 0 aliphatic heterocycles. The van der Waals surface area contributed by atoms with Crippen molar-refractivity contribution in [1.82, 2.24) is 0 Å². The summed E-state index contributed by atoms with van der Waals surface area (Å²) in [7, 11) is 1.76. The van der Waals surface area contributed by atoms with Gasteiger partial charge in [0.15, 0.2) is 0 Å². The molecule has 0 heterocycles. The Hall–Kier alpha value is -0.280. The van der Waals surface area contributed by atoms with Crippen molar-refractivity contribution in [3.63, 3.8) is 0 Å². The minimum absolute atomic E-state index is 0.813. The van der Waals surface area contributed by atoms with Crippen LogP contribution in [0.25, 0.3) is 0 Å². The van der Waals surface area contributed by atoms with Gasteiger partial charge in [0.2, 0.25) is 0 Å². The summed E-state index contributed by atoms with van der Waals surface area (Å²) in [6, 6.07) is 0. The quantitative estimate of drug-likeness (QED) is 0.255. The van der Waals surface area contributed by atoms with E-state index in [1.807, 2.05) is 0 Å². The summed E-state index contributed by atoms with van der Waals surface area (Å²) in [4.78, 5) is 3.97. The van der Waals surface area contributed by atoms with Gasteiger partial charge in [0.05, 0.1) is 44.5 Å². The van der Waals surface area contributed by atoms with E-state index < -0.39 is 0 Å². The average molecular weight is 245 g/mol. The fourth-order valence-corrected chi connectivity index (χ4v) is 2.13. The molecule has 94 valence electrons. The number of aliphatic imine (C=N–C) groups is 1. The summed E-state index contributed by atoms with van der Waals surface area (Å²) >= 11 is 4.56. The smallest absolute Gasteiger partial charge is 0.0808 e. The van der Waals surface area contributed by atoms with Gasteiger partial charge >= 0.3 is 0 Å². The lowest BCUT2D eigenvalue weighted by molar-refractivity contribution is -0.925.